The minimum Gasteiger partial charge on any atom is -0.387 e. The van der Waals surface area contributed by atoms with E-state index in [0.29, 0.717) is 13.1 Å². The molecule has 1 amide bonds. The quantitative estimate of drug-likeness (QED) is 0.688. The SMILES string of the molecule is CN(C)CC(C)(O)CNC(=O)C1CCC1. The number of carbonyl (C=O) groups is 1. The molecule has 88 valence electrons. The summed E-state index contributed by atoms with van der Waals surface area (Å²) in [6.45, 7) is 2.63. The summed E-state index contributed by atoms with van der Waals surface area (Å²) in [6.07, 6.45) is 3.16. The predicted octanol–water partition coefficient (Wildman–Crippen LogP) is 0.215. The second kappa shape index (κ2) is 4.94. The molecule has 0 bridgehead atoms. The van der Waals surface area contributed by atoms with E-state index < -0.39 is 5.60 Å². The van der Waals surface area contributed by atoms with Crippen LogP contribution >= 0.6 is 0 Å². The molecule has 1 saturated carbocycles. The van der Waals surface area contributed by atoms with Crippen LogP contribution in [0, 0.1) is 5.92 Å². The zero-order valence-electron chi connectivity index (χ0n) is 9.92. The zero-order chi connectivity index (χ0) is 11.5. The van der Waals surface area contributed by atoms with E-state index >= 15 is 0 Å². The monoisotopic (exact) mass is 214 g/mol. The Morgan fingerprint density at radius 2 is 2.13 bits per heavy atom. The number of nitrogens with zero attached hydrogens (tertiary/aromatic N) is 1. The maximum Gasteiger partial charge on any atom is 0.223 e. The van der Waals surface area contributed by atoms with Crippen LogP contribution in [-0.2, 0) is 4.79 Å². The van der Waals surface area contributed by atoms with E-state index in [0.717, 1.165) is 19.3 Å². The molecule has 1 atom stereocenters. The normalized spacial score (nSPS) is 20.9. The lowest BCUT2D eigenvalue weighted by Gasteiger charge is -2.29. The number of carbonyl (C=O) groups excluding carboxylic acids is 1. The van der Waals surface area contributed by atoms with E-state index in [-0.39, 0.29) is 11.8 Å². The van der Waals surface area contributed by atoms with Crippen LogP contribution in [0.2, 0.25) is 0 Å². The van der Waals surface area contributed by atoms with Gasteiger partial charge in [0, 0.05) is 19.0 Å². The average molecular weight is 214 g/mol. The Morgan fingerprint density at radius 1 is 1.53 bits per heavy atom. The summed E-state index contributed by atoms with van der Waals surface area (Å²) in [7, 11) is 3.81. The van der Waals surface area contributed by atoms with Gasteiger partial charge in [0.25, 0.3) is 0 Å². The molecule has 1 rings (SSSR count). The largest absolute Gasteiger partial charge is 0.387 e. The average Bonchev–Trinajstić information content (AvgIpc) is 1.95. The van der Waals surface area contributed by atoms with Crippen molar-refractivity contribution in [2.45, 2.75) is 31.8 Å². The smallest absolute Gasteiger partial charge is 0.223 e. The summed E-state index contributed by atoms with van der Waals surface area (Å²) in [5.41, 5.74) is -0.844. The molecule has 0 radical (unpaired) electrons. The highest BCUT2D eigenvalue weighted by Gasteiger charge is 2.28. The Labute approximate surface area is 91.6 Å². The van der Waals surface area contributed by atoms with Gasteiger partial charge in [-0.25, -0.2) is 0 Å². The third-order valence-electron chi connectivity index (χ3n) is 2.78. The van der Waals surface area contributed by atoms with Crippen LogP contribution in [0.4, 0.5) is 0 Å². The van der Waals surface area contributed by atoms with Crippen molar-refractivity contribution in [2.75, 3.05) is 27.2 Å². The number of rotatable bonds is 5. The van der Waals surface area contributed by atoms with Gasteiger partial charge < -0.3 is 15.3 Å². The molecule has 0 saturated heterocycles. The highest BCUT2D eigenvalue weighted by molar-refractivity contribution is 5.79. The van der Waals surface area contributed by atoms with Gasteiger partial charge in [0.15, 0.2) is 0 Å². The van der Waals surface area contributed by atoms with E-state index in [1.165, 1.54) is 0 Å². The highest BCUT2D eigenvalue weighted by atomic mass is 16.3. The van der Waals surface area contributed by atoms with Gasteiger partial charge >= 0.3 is 0 Å². The number of likely N-dealkylation sites (N-methyl/N-ethyl adjacent to an activating group) is 1. The second-order valence-electron chi connectivity index (χ2n) is 5.08. The highest BCUT2D eigenvalue weighted by Crippen LogP contribution is 2.26. The standard InChI is InChI=1S/C11H22N2O2/c1-11(15,8-13(2)3)7-12-10(14)9-5-4-6-9/h9,15H,4-8H2,1-3H3,(H,12,14). The first-order valence-electron chi connectivity index (χ1n) is 5.55. The zero-order valence-corrected chi connectivity index (χ0v) is 9.92. The topological polar surface area (TPSA) is 52.6 Å². The van der Waals surface area contributed by atoms with E-state index in [9.17, 15) is 9.90 Å². The van der Waals surface area contributed by atoms with Gasteiger partial charge in [-0.1, -0.05) is 6.42 Å². The van der Waals surface area contributed by atoms with Crippen molar-refractivity contribution in [2.24, 2.45) is 5.92 Å². The Balaban J connectivity index is 2.25. The Morgan fingerprint density at radius 3 is 2.53 bits per heavy atom. The van der Waals surface area contributed by atoms with Crippen molar-refractivity contribution in [1.82, 2.24) is 10.2 Å². The van der Waals surface area contributed by atoms with Crippen LogP contribution in [0.15, 0.2) is 0 Å². The maximum absolute atomic E-state index is 11.5. The van der Waals surface area contributed by atoms with E-state index in [1.54, 1.807) is 6.92 Å². The fourth-order valence-electron chi connectivity index (χ4n) is 1.83. The van der Waals surface area contributed by atoms with Crippen molar-refractivity contribution >= 4 is 5.91 Å². The number of amides is 1. The van der Waals surface area contributed by atoms with Crippen molar-refractivity contribution < 1.29 is 9.90 Å². The molecule has 2 N–H and O–H groups in total. The first kappa shape index (κ1) is 12.5. The lowest BCUT2D eigenvalue weighted by Crippen LogP contribution is -2.48. The number of hydrogen-bond donors (Lipinski definition) is 2. The van der Waals surface area contributed by atoms with E-state index in [4.69, 9.17) is 0 Å². The summed E-state index contributed by atoms with van der Waals surface area (Å²) in [6, 6.07) is 0. The summed E-state index contributed by atoms with van der Waals surface area (Å²) in [4.78, 5) is 13.4. The van der Waals surface area contributed by atoms with Gasteiger partial charge in [0.2, 0.25) is 5.91 Å². The molecular weight excluding hydrogens is 192 g/mol. The molecule has 1 aliphatic carbocycles. The third-order valence-corrected chi connectivity index (χ3v) is 2.78. The molecule has 4 nitrogen and oxygen atoms in total. The molecule has 0 aromatic heterocycles. The van der Waals surface area contributed by atoms with Crippen LogP contribution in [0.5, 0.6) is 0 Å². The van der Waals surface area contributed by atoms with Crippen LogP contribution in [0.1, 0.15) is 26.2 Å². The molecule has 1 aliphatic rings. The van der Waals surface area contributed by atoms with Gasteiger partial charge in [0.1, 0.15) is 0 Å². The van der Waals surface area contributed by atoms with Gasteiger partial charge in [-0.15, -0.1) is 0 Å². The first-order valence-corrected chi connectivity index (χ1v) is 5.55. The summed E-state index contributed by atoms with van der Waals surface area (Å²) in [5, 5.41) is 12.8. The predicted molar refractivity (Wildman–Crippen MR) is 59.5 cm³/mol. The van der Waals surface area contributed by atoms with Gasteiger partial charge in [-0.3, -0.25) is 4.79 Å². The molecule has 4 heteroatoms. The van der Waals surface area contributed by atoms with Crippen molar-refractivity contribution in [1.29, 1.82) is 0 Å². The lowest BCUT2D eigenvalue weighted by atomic mass is 9.84. The molecule has 1 unspecified atom stereocenters. The number of aliphatic hydroxyl groups is 1. The molecule has 0 aliphatic heterocycles. The van der Waals surface area contributed by atoms with E-state index in [2.05, 4.69) is 5.32 Å². The fourth-order valence-corrected chi connectivity index (χ4v) is 1.83. The second-order valence-corrected chi connectivity index (χ2v) is 5.08. The van der Waals surface area contributed by atoms with Gasteiger partial charge in [-0.05, 0) is 33.9 Å². The number of hydrogen-bond acceptors (Lipinski definition) is 3. The molecular formula is C11H22N2O2. The van der Waals surface area contributed by atoms with Gasteiger partial charge in [-0.2, -0.15) is 0 Å². The first-order chi connectivity index (χ1) is 6.91. The summed E-state index contributed by atoms with van der Waals surface area (Å²) >= 11 is 0. The molecule has 0 aromatic carbocycles. The minimum absolute atomic E-state index is 0.0975. The summed E-state index contributed by atoms with van der Waals surface area (Å²) < 4.78 is 0. The molecule has 1 fully saturated rings. The van der Waals surface area contributed by atoms with Crippen molar-refractivity contribution in [3.8, 4) is 0 Å². The minimum atomic E-state index is -0.844. The molecule has 0 heterocycles. The fraction of sp³-hybridized carbons (Fsp3) is 0.909. The van der Waals surface area contributed by atoms with Gasteiger partial charge in [0.05, 0.1) is 5.60 Å². The third kappa shape index (κ3) is 4.18. The lowest BCUT2D eigenvalue weighted by molar-refractivity contribution is -0.128. The van der Waals surface area contributed by atoms with Crippen LogP contribution in [0.3, 0.4) is 0 Å². The van der Waals surface area contributed by atoms with Crippen LogP contribution in [0.25, 0.3) is 0 Å². The van der Waals surface area contributed by atoms with E-state index in [1.807, 2.05) is 19.0 Å². The Bertz CT molecular complexity index is 223. The Kier molecular flexibility index (Phi) is 4.11. The van der Waals surface area contributed by atoms with Crippen LogP contribution < -0.4 is 5.32 Å². The summed E-state index contributed by atoms with van der Waals surface area (Å²) in [5.74, 6) is 0.292. The maximum atomic E-state index is 11.5. The van der Waals surface area contributed by atoms with Crippen molar-refractivity contribution in [3.63, 3.8) is 0 Å². The Hall–Kier alpha value is -0.610. The molecule has 0 spiro atoms. The van der Waals surface area contributed by atoms with Crippen LogP contribution in [-0.4, -0.2) is 48.7 Å². The molecule has 0 aromatic rings. The number of nitrogens with one attached hydrogen (secondary N) is 1. The molecule has 15 heavy (non-hydrogen) atoms. The van der Waals surface area contributed by atoms with Crippen molar-refractivity contribution in [3.05, 3.63) is 0 Å².